The summed E-state index contributed by atoms with van der Waals surface area (Å²) in [5.74, 6) is 3.60. The van der Waals surface area contributed by atoms with Gasteiger partial charge < -0.3 is 4.74 Å². The molecule has 0 saturated heterocycles. The third-order valence-electron chi connectivity index (χ3n) is 10.2. The summed E-state index contributed by atoms with van der Waals surface area (Å²) in [4.78, 5) is 24.9. The number of Topliss-reactive ketones (excluding diaryl/α,β-unsaturated/α-hetero) is 1. The minimum Gasteiger partial charge on any atom is -0.462 e. The van der Waals surface area contributed by atoms with Crippen LogP contribution in [0.15, 0.2) is 0 Å². The van der Waals surface area contributed by atoms with E-state index in [0.29, 0.717) is 29.5 Å². The van der Waals surface area contributed by atoms with Crippen LogP contribution in [0.1, 0.15) is 111 Å². The summed E-state index contributed by atoms with van der Waals surface area (Å²) in [6.45, 7) is 9.31. The molecule has 0 aliphatic heterocycles. The molecule has 0 bridgehead atoms. The molecule has 3 unspecified atom stereocenters. The monoisotopic (exact) mass is 416 g/mol. The maximum atomic E-state index is 12.5. The van der Waals surface area contributed by atoms with Crippen molar-refractivity contribution in [3.05, 3.63) is 0 Å². The number of ether oxygens (including phenoxy) is 1. The van der Waals surface area contributed by atoms with Crippen molar-refractivity contribution in [2.24, 2.45) is 40.4 Å². The molecule has 0 heterocycles. The Labute approximate surface area is 184 Å². The van der Waals surface area contributed by atoms with Gasteiger partial charge in [0.2, 0.25) is 0 Å². The molecular formula is C27H44O3. The molecule has 0 N–H and O–H groups in total. The van der Waals surface area contributed by atoms with Gasteiger partial charge in [0, 0.05) is 24.2 Å². The highest BCUT2D eigenvalue weighted by Gasteiger charge is 2.61. The van der Waals surface area contributed by atoms with Crippen LogP contribution in [0.5, 0.6) is 0 Å². The van der Waals surface area contributed by atoms with E-state index in [0.717, 1.165) is 43.9 Å². The smallest absolute Gasteiger partial charge is 0.306 e. The molecule has 3 nitrogen and oxygen atoms in total. The van der Waals surface area contributed by atoms with Gasteiger partial charge in [-0.3, -0.25) is 9.59 Å². The van der Waals surface area contributed by atoms with E-state index < -0.39 is 0 Å². The first-order valence-corrected chi connectivity index (χ1v) is 13.0. The van der Waals surface area contributed by atoms with Crippen LogP contribution in [0.25, 0.3) is 0 Å². The van der Waals surface area contributed by atoms with Gasteiger partial charge >= 0.3 is 5.97 Å². The second kappa shape index (κ2) is 8.58. The number of unbranched alkanes of at least 4 members (excludes halogenated alkanes) is 3. The summed E-state index contributed by atoms with van der Waals surface area (Å²) in [7, 11) is 0. The third-order valence-corrected chi connectivity index (χ3v) is 10.2. The summed E-state index contributed by atoms with van der Waals surface area (Å²) in [5, 5.41) is 0. The van der Waals surface area contributed by atoms with Crippen LogP contribution in [0.2, 0.25) is 0 Å². The molecule has 4 rings (SSSR count). The van der Waals surface area contributed by atoms with Crippen molar-refractivity contribution in [3.63, 3.8) is 0 Å². The third kappa shape index (κ3) is 3.77. The zero-order valence-electron chi connectivity index (χ0n) is 19.9. The summed E-state index contributed by atoms with van der Waals surface area (Å²) < 4.78 is 6.12. The number of esters is 1. The van der Waals surface area contributed by atoms with Crippen molar-refractivity contribution < 1.29 is 14.3 Å². The van der Waals surface area contributed by atoms with Gasteiger partial charge in [0.15, 0.2) is 0 Å². The molecule has 0 aromatic heterocycles. The van der Waals surface area contributed by atoms with Crippen LogP contribution >= 0.6 is 0 Å². The molecule has 4 fully saturated rings. The highest BCUT2D eigenvalue weighted by Crippen LogP contribution is 2.66. The summed E-state index contributed by atoms with van der Waals surface area (Å²) in [6, 6.07) is 0. The van der Waals surface area contributed by atoms with E-state index in [2.05, 4.69) is 27.7 Å². The molecule has 0 spiro atoms. The number of rotatable bonds is 6. The quantitative estimate of drug-likeness (QED) is 0.356. The lowest BCUT2D eigenvalue weighted by Crippen LogP contribution is -2.55. The Morgan fingerprint density at radius 2 is 1.77 bits per heavy atom. The number of hydrogen-bond donors (Lipinski definition) is 0. The molecule has 4 aliphatic carbocycles. The van der Waals surface area contributed by atoms with Crippen molar-refractivity contribution in [2.75, 3.05) is 0 Å². The van der Waals surface area contributed by atoms with E-state index in [-0.39, 0.29) is 23.4 Å². The largest absolute Gasteiger partial charge is 0.462 e. The van der Waals surface area contributed by atoms with E-state index in [1.165, 1.54) is 44.9 Å². The van der Waals surface area contributed by atoms with Crippen molar-refractivity contribution in [1.82, 2.24) is 0 Å². The van der Waals surface area contributed by atoms with E-state index in [4.69, 9.17) is 4.74 Å². The number of ketones is 1. The fourth-order valence-corrected chi connectivity index (χ4v) is 8.47. The fraction of sp³-hybridized carbons (Fsp3) is 0.926. The standard InChI is InChI=1S/C27H44O3/c1-5-6-7-8-9-25(29)30-24-13-12-21-20-11-10-19-16-23(28)18(2)17-27(19,4)22(20)14-15-26(21,24)3/h18-22,24H,5-17H2,1-4H3/t18-,19+,20?,21?,22?,24+,26+,27+/m1/s1. The molecule has 0 aromatic carbocycles. The van der Waals surface area contributed by atoms with Crippen molar-refractivity contribution in [1.29, 1.82) is 0 Å². The lowest BCUT2D eigenvalue weighted by Gasteiger charge is -2.60. The van der Waals surface area contributed by atoms with Crippen LogP contribution in [0, 0.1) is 40.4 Å². The Bertz CT molecular complexity index is 656. The molecule has 30 heavy (non-hydrogen) atoms. The van der Waals surface area contributed by atoms with Gasteiger partial charge in [0.05, 0.1) is 0 Å². The second-order valence-corrected chi connectivity index (χ2v) is 11.8. The zero-order valence-corrected chi connectivity index (χ0v) is 19.9. The van der Waals surface area contributed by atoms with Crippen molar-refractivity contribution in [2.45, 2.75) is 117 Å². The van der Waals surface area contributed by atoms with Gasteiger partial charge in [-0.2, -0.15) is 0 Å². The Balaban J connectivity index is 1.42. The normalized spacial score (nSPS) is 45.4. The first-order chi connectivity index (χ1) is 14.3. The number of carbonyl (C=O) groups is 2. The molecule has 4 aliphatic rings. The van der Waals surface area contributed by atoms with Gasteiger partial charge in [-0.05, 0) is 80.5 Å². The molecular weight excluding hydrogens is 372 g/mol. The van der Waals surface area contributed by atoms with Crippen LogP contribution in [-0.4, -0.2) is 17.9 Å². The van der Waals surface area contributed by atoms with E-state index in [9.17, 15) is 9.59 Å². The van der Waals surface area contributed by atoms with Crippen molar-refractivity contribution >= 4 is 11.8 Å². The van der Waals surface area contributed by atoms with E-state index in [1.807, 2.05) is 0 Å². The highest BCUT2D eigenvalue weighted by atomic mass is 16.5. The molecule has 170 valence electrons. The van der Waals surface area contributed by atoms with Crippen LogP contribution in [0.4, 0.5) is 0 Å². The predicted molar refractivity (Wildman–Crippen MR) is 120 cm³/mol. The fourth-order valence-electron chi connectivity index (χ4n) is 8.47. The van der Waals surface area contributed by atoms with Gasteiger partial charge in [0.25, 0.3) is 0 Å². The number of fused-ring (bicyclic) bond motifs is 5. The highest BCUT2D eigenvalue weighted by molar-refractivity contribution is 5.82. The molecule has 0 amide bonds. The molecule has 3 heteroatoms. The van der Waals surface area contributed by atoms with Gasteiger partial charge in [-0.25, -0.2) is 0 Å². The van der Waals surface area contributed by atoms with Crippen molar-refractivity contribution in [3.8, 4) is 0 Å². The zero-order chi connectivity index (χ0) is 21.5. The summed E-state index contributed by atoms with van der Waals surface area (Å²) >= 11 is 0. The topological polar surface area (TPSA) is 43.4 Å². The van der Waals surface area contributed by atoms with E-state index >= 15 is 0 Å². The maximum absolute atomic E-state index is 12.5. The minimum atomic E-state index is 0.0374. The molecule has 0 aromatic rings. The molecule has 4 saturated carbocycles. The minimum absolute atomic E-state index is 0.0374. The first kappa shape index (κ1) is 22.3. The van der Waals surface area contributed by atoms with Gasteiger partial charge in [0.1, 0.15) is 11.9 Å². The Hall–Kier alpha value is -0.860. The second-order valence-electron chi connectivity index (χ2n) is 11.8. The summed E-state index contributed by atoms with van der Waals surface area (Å²) in [5.41, 5.74) is 0.505. The first-order valence-electron chi connectivity index (χ1n) is 13.0. The predicted octanol–water partition coefficient (Wildman–Crippen LogP) is 6.73. The average Bonchev–Trinajstić information content (AvgIpc) is 3.03. The number of hydrogen-bond acceptors (Lipinski definition) is 3. The lowest BCUT2D eigenvalue weighted by atomic mass is 9.44. The Morgan fingerprint density at radius 1 is 1.00 bits per heavy atom. The molecule has 0 radical (unpaired) electrons. The van der Waals surface area contributed by atoms with Crippen LogP contribution in [-0.2, 0) is 14.3 Å². The maximum Gasteiger partial charge on any atom is 0.306 e. The van der Waals surface area contributed by atoms with Crippen LogP contribution < -0.4 is 0 Å². The average molecular weight is 417 g/mol. The SMILES string of the molecule is CCCCCCC(=O)O[C@H]1CCC2C3CC[C@H]4CC(=O)[C@H](C)C[C@]4(C)C3CC[C@@]21C. The van der Waals surface area contributed by atoms with Gasteiger partial charge in [-0.1, -0.05) is 47.0 Å². The Kier molecular flexibility index (Phi) is 6.39. The lowest BCUT2D eigenvalue weighted by molar-refractivity contribution is -0.165. The van der Waals surface area contributed by atoms with Crippen LogP contribution in [0.3, 0.4) is 0 Å². The van der Waals surface area contributed by atoms with Gasteiger partial charge in [-0.15, -0.1) is 0 Å². The number of carbonyl (C=O) groups excluding carboxylic acids is 2. The van der Waals surface area contributed by atoms with E-state index in [1.54, 1.807) is 0 Å². The Morgan fingerprint density at radius 3 is 2.53 bits per heavy atom. The summed E-state index contributed by atoms with van der Waals surface area (Å²) in [6.07, 6.45) is 14.4. The molecule has 8 atom stereocenters.